The molecule has 0 radical (unpaired) electrons. The molecule has 0 saturated heterocycles. The number of sulfonamides is 1. The van der Waals surface area contributed by atoms with Gasteiger partial charge in [0.15, 0.2) is 0 Å². The van der Waals surface area contributed by atoms with Crippen molar-refractivity contribution in [3.05, 3.63) is 52.8 Å². The van der Waals surface area contributed by atoms with Gasteiger partial charge in [-0.2, -0.15) is 0 Å². The third-order valence-electron chi connectivity index (χ3n) is 2.68. The van der Waals surface area contributed by atoms with Gasteiger partial charge in [0.05, 0.1) is 5.69 Å². The quantitative estimate of drug-likeness (QED) is 0.855. The first-order valence-corrected chi connectivity index (χ1v) is 7.50. The molecule has 4 nitrogen and oxygen atoms in total. The van der Waals surface area contributed by atoms with E-state index < -0.39 is 20.7 Å². The third kappa shape index (κ3) is 3.02. The lowest BCUT2D eigenvalue weighted by Crippen LogP contribution is -2.15. The summed E-state index contributed by atoms with van der Waals surface area (Å²) in [5, 5.41) is 0.490. The average molecular weight is 315 g/mol. The zero-order valence-corrected chi connectivity index (χ0v) is 12.1. The lowest BCUT2D eigenvalue weighted by molar-refractivity contribution is 0.571. The predicted octanol–water partition coefficient (Wildman–Crippen LogP) is 3.17. The minimum Gasteiger partial charge on any atom is -0.399 e. The van der Waals surface area contributed by atoms with Crippen molar-refractivity contribution in [3.63, 3.8) is 0 Å². The summed E-state index contributed by atoms with van der Waals surface area (Å²) in [6.45, 7) is 1.70. The number of benzene rings is 2. The van der Waals surface area contributed by atoms with E-state index in [9.17, 15) is 12.8 Å². The lowest BCUT2D eigenvalue weighted by atomic mass is 10.2. The number of nitrogens with one attached hydrogen (secondary N) is 1. The highest BCUT2D eigenvalue weighted by Crippen LogP contribution is 2.24. The highest BCUT2D eigenvalue weighted by atomic mass is 35.5. The van der Waals surface area contributed by atoms with Crippen molar-refractivity contribution in [2.45, 2.75) is 11.8 Å². The summed E-state index contributed by atoms with van der Waals surface area (Å²) in [5.74, 6) is -0.899. The maximum absolute atomic E-state index is 13.7. The van der Waals surface area contributed by atoms with Crippen LogP contribution >= 0.6 is 11.6 Å². The summed E-state index contributed by atoms with van der Waals surface area (Å²) >= 11 is 5.80. The number of nitrogen functional groups attached to an aromatic ring is 1. The number of halogens is 2. The SMILES string of the molecule is Cc1cc(Cl)ccc1NS(=O)(=O)c1ccc(N)cc1F. The van der Waals surface area contributed by atoms with Gasteiger partial charge in [0.2, 0.25) is 0 Å². The summed E-state index contributed by atoms with van der Waals surface area (Å²) in [6.07, 6.45) is 0. The fourth-order valence-corrected chi connectivity index (χ4v) is 3.09. The molecule has 106 valence electrons. The highest BCUT2D eigenvalue weighted by Gasteiger charge is 2.20. The van der Waals surface area contributed by atoms with Crippen molar-refractivity contribution in [1.82, 2.24) is 0 Å². The van der Waals surface area contributed by atoms with E-state index in [-0.39, 0.29) is 5.69 Å². The molecule has 0 spiro atoms. The first-order chi connectivity index (χ1) is 9.29. The summed E-state index contributed by atoms with van der Waals surface area (Å²) in [6, 6.07) is 8.09. The van der Waals surface area contributed by atoms with Gasteiger partial charge in [0.1, 0.15) is 10.7 Å². The van der Waals surface area contributed by atoms with Gasteiger partial charge in [0, 0.05) is 10.7 Å². The van der Waals surface area contributed by atoms with Crippen LogP contribution in [0.1, 0.15) is 5.56 Å². The van der Waals surface area contributed by atoms with Crippen molar-refractivity contribution in [2.75, 3.05) is 10.5 Å². The van der Waals surface area contributed by atoms with Crippen LogP contribution in [0.25, 0.3) is 0 Å². The molecular weight excluding hydrogens is 303 g/mol. The predicted molar refractivity (Wildman–Crippen MR) is 77.8 cm³/mol. The van der Waals surface area contributed by atoms with Gasteiger partial charge in [-0.05, 0) is 48.9 Å². The Hall–Kier alpha value is -1.79. The van der Waals surface area contributed by atoms with Crippen LogP contribution in [0, 0.1) is 12.7 Å². The van der Waals surface area contributed by atoms with Crippen LogP contribution in [0.4, 0.5) is 15.8 Å². The third-order valence-corrected chi connectivity index (χ3v) is 4.31. The molecule has 7 heteroatoms. The summed E-state index contributed by atoms with van der Waals surface area (Å²) < 4.78 is 40.3. The van der Waals surface area contributed by atoms with Crippen molar-refractivity contribution in [3.8, 4) is 0 Å². The molecule has 2 aromatic rings. The number of hydrogen-bond donors (Lipinski definition) is 2. The second-order valence-electron chi connectivity index (χ2n) is 4.25. The van der Waals surface area contributed by atoms with Crippen LogP contribution in [0.2, 0.25) is 5.02 Å². The van der Waals surface area contributed by atoms with Gasteiger partial charge in [0.25, 0.3) is 10.0 Å². The summed E-state index contributed by atoms with van der Waals surface area (Å²) in [4.78, 5) is -0.457. The number of anilines is 2. The van der Waals surface area contributed by atoms with E-state index >= 15 is 0 Å². The Morgan fingerprint density at radius 3 is 2.50 bits per heavy atom. The maximum Gasteiger partial charge on any atom is 0.264 e. The van der Waals surface area contributed by atoms with Gasteiger partial charge in [-0.3, -0.25) is 4.72 Å². The van der Waals surface area contributed by atoms with Crippen LogP contribution < -0.4 is 10.5 Å². The Morgan fingerprint density at radius 1 is 1.20 bits per heavy atom. The first-order valence-electron chi connectivity index (χ1n) is 5.63. The van der Waals surface area contributed by atoms with Gasteiger partial charge in [-0.1, -0.05) is 11.6 Å². The minimum atomic E-state index is -4.02. The molecule has 0 aliphatic heterocycles. The maximum atomic E-state index is 13.7. The number of nitrogens with two attached hydrogens (primary N) is 1. The van der Waals surface area contributed by atoms with E-state index in [1.165, 1.54) is 12.1 Å². The molecule has 0 aromatic heterocycles. The van der Waals surface area contributed by atoms with E-state index in [4.69, 9.17) is 17.3 Å². The fraction of sp³-hybridized carbons (Fsp3) is 0.0769. The van der Waals surface area contributed by atoms with Crippen LogP contribution in [0.3, 0.4) is 0 Å². The average Bonchev–Trinajstić information content (AvgIpc) is 2.32. The van der Waals surface area contributed by atoms with Crippen molar-refractivity contribution in [1.29, 1.82) is 0 Å². The number of hydrogen-bond acceptors (Lipinski definition) is 3. The molecule has 0 aliphatic carbocycles. The molecule has 2 aromatic carbocycles. The zero-order chi connectivity index (χ0) is 14.9. The molecule has 0 saturated carbocycles. The first kappa shape index (κ1) is 14.6. The monoisotopic (exact) mass is 314 g/mol. The number of aryl methyl sites for hydroxylation is 1. The topological polar surface area (TPSA) is 72.2 Å². The molecule has 0 aliphatic rings. The van der Waals surface area contributed by atoms with Crippen LogP contribution in [0.5, 0.6) is 0 Å². The largest absolute Gasteiger partial charge is 0.399 e. The van der Waals surface area contributed by atoms with Crippen LogP contribution in [0.15, 0.2) is 41.3 Å². The Morgan fingerprint density at radius 2 is 1.90 bits per heavy atom. The fourth-order valence-electron chi connectivity index (χ4n) is 1.68. The van der Waals surface area contributed by atoms with Crippen molar-refractivity contribution < 1.29 is 12.8 Å². The molecule has 2 rings (SSSR count). The van der Waals surface area contributed by atoms with Crippen LogP contribution in [-0.4, -0.2) is 8.42 Å². The van der Waals surface area contributed by atoms with Gasteiger partial charge in [-0.15, -0.1) is 0 Å². The van der Waals surface area contributed by atoms with E-state index in [0.29, 0.717) is 16.3 Å². The Kier molecular flexibility index (Phi) is 3.87. The molecule has 0 bridgehead atoms. The lowest BCUT2D eigenvalue weighted by Gasteiger charge is -2.11. The molecule has 0 unspecified atom stereocenters. The van der Waals surface area contributed by atoms with Gasteiger partial charge < -0.3 is 5.73 Å². The normalized spacial score (nSPS) is 11.3. The minimum absolute atomic E-state index is 0.157. The molecule has 0 atom stereocenters. The Balaban J connectivity index is 2.41. The smallest absolute Gasteiger partial charge is 0.264 e. The standard InChI is InChI=1S/C13H12ClFN2O2S/c1-8-6-9(14)2-4-12(8)17-20(18,19)13-5-3-10(16)7-11(13)15/h2-7,17H,16H2,1H3. The molecule has 3 N–H and O–H groups in total. The van der Waals surface area contributed by atoms with Crippen LogP contribution in [-0.2, 0) is 10.0 Å². The molecule has 0 heterocycles. The zero-order valence-electron chi connectivity index (χ0n) is 10.5. The molecule has 0 amide bonds. The summed E-state index contributed by atoms with van der Waals surface area (Å²) in [7, 11) is -4.02. The Labute approximate surface area is 121 Å². The molecular formula is C13H12ClFN2O2S. The second kappa shape index (κ2) is 5.30. The van der Waals surface area contributed by atoms with Gasteiger partial charge in [-0.25, -0.2) is 12.8 Å². The van der Waals surface area contributed by atoms with Gasteiger partial charge >= 0.3 is 0 Å². The second-order valence-corrected chi connectivity index (χ2v) is 6.34. The number of rotatable bonds is 3. The summed E-state index contributed by atoms with van der Waals surface area (Å²) in [5.41, 5.74) is 6.53. The molecule has 20 heavy (non-hydrogen) atoms. The van der Waals surface area contributed by atoms with Crippen molar-refractivity contribution >= 4 is 33.0 Å². The van der Waals surface area contributed by atoms with E-state index in [0.717, 1.165) is 12.1 Å². The van der Waals surface area contributed by atoms with E-state index in [1.54, 1.807) is 19.1 Å². The molecule has 0 fully saturated rings. The Bertz CT molecular complexity index is 763. The van der Waals surface area contributed by atoms with E-state index in [1.807, 2.05) is 0 Å². The van der Waals surface area contributed by atoms with Crippen molar-refractivity contribution in [2.24, 2.45) is 0 Å². The van der Waals surface area contributed by atoms with E-state index in [2.05, 4.69) is 4.72 Å². The highest BCUT2D eigenvalue weighted by molar-refractivity contribution is 7.92.